The van der Waals surface area contributed by atoms with E-state index in [0.717, 1.165) is 15.1 Å². The summed E-state index contributed by atoms with van der Waals surface area (Å²) in [6.07, 6.45) is 0. The van der Waals surface area contributed by atoms with Gasteiger partial charge in [-0.05, 0) is 54.1 Å². The third kappa shape index (κ3) is 2.84. The fraction of sp³-hybridized carbons (Fsp3) is 0.312. The lowest BCUT2D eigenvalue weighted by Gasteiger charge is -2.35. The number of anilines is 1. The van der Waals surface area contributed by atoms with Crippen molar-refractivity contribution in [2.45, 2.75) is 18.7 Å². The van der Waals surface area contributed by atoms with Crippen LogP contribution in [0.2, 0.25) is 0 Å². The summed E-state index contributed by atoms with van der Waals surface area (Å²) in [7, 11) is 1.59. The summed E-state index contributed by atoms with van der Waals surface area (Å²) >= 11 is 10.1. The number of nitrogens with one attached hydrogen (secondary N) is 1. The van der Waals surface area contributed by atoms with E-state index in [1.165, 1.54) is 21.6 Å². The Morgan fingerprint density at radius 2 is 1.80 bits per heavy atom. The van der Waals surface area contributed by atoms with Gasteiger partial charge in [0, 0.05) is 13.1 Å². The number of rotatable bonds is 3. The van der Waals surface area contributed by atoms with Crippen LogP contribution in [0.5, 0.6) is 5.75 Å². The standard InChI is InChI=1S/C16H16BrN3O3S2/c1-4-19-14(21)10(15(22)20(5-2)16(19)24)13-18-8-6-7-9(23-3)11(17)12(8)25-13/h6-7,18H,4-5H2,1-3H3. The van der Waals surface area contributed by atoms with E-state index in [1.54, 1.807) is 7.11 Å². The van der Waals surface area contributed by atoms with E-state index in [4.69, 9.17) is 17.0 Å². The number of fused-ring (bicyclic) bond motifs is 1. The smallest absolute Gasteiger partial charge is 0.268 e. The number of thioether (sulfide) groups is 1. The molecule has 1 N–H and O–H groups in total. The number of carbonyl (C=O) groups is 2. The Morgan fingerprint density at radius 3 is 2.32 bits per heavy atom. The van der Waals surface area contributed by atoms with Crippen molar-refractivity contribution < 1.29 is 14.3 Å². The highest BCUT2D eigenvalue weighted by atomic mass is 79.9. The van der Waals surface area contributed by atoms with Crippen LogP contribution in [0.25, 0.3) is 0 Å². The van der Waals surface area contributed by atoms with Gasteiger partial charge in [0.25, 0.3) is 11.8 Å². The van der Waals surface area contributed by atoms with Crippen LogP contribution in [0.4, 0.5) is 5.69 Å². The highest BCUT2D eigenvalue weighted by Crippen LogP contribution is 2.49. The molecule has 0 radical (unpaired) electrons. The molecule has 2 heterocycles. The van der Waals surface area contributed by atoms with Crippen molar-refractivity contribution >= 4 is 62.5 Å². The zero-order valence-corrected chi connectivity index (χ0v) is 17.1. The molecule has 2 aliphatic rings. The summed E-state index contributed by atoms with van der Waals surface area (Å²) in [6, 6.07) is 3.68. The second-order valence-corrected chi connectivity index (χ2v) is 7.45. The molecule has 0 aromatic heterocycles. The number of hydrogen-bond donors (Lipinski definition) is 1. The average Bonchev–Trinajstić information content (AvgIpc) is 3.00. The minimum Gasteiger partial charge on any atom is -0.496 e. The predicted octanol–water partition coefficient (Wildman–Crippen LogP) is 3.18. The molecule has 25 heavy (non-hydrogen) atoms. The second kappa shape index (κ2) is 6.97. The largest absolute Gasteiger partial charge is 0.496 e. The van der Waals surface area contributed by atoms with Gasteiger partial charge in [0.2, 0.25) is 0 Å². The number of nitrogens with zero attached hydrogens (tertiary/aromatic N) is 2. The van der Waals surface area contributed by atoms with Gasteiger partial charge in [0.15, 0.2) is 5.11 Å². The lowest BCUT2D eigenvalue weighted by atomic mass is 10.1. The number of ether oxygens (including phenoxy) is 1. The molecule has 3 rings (SSSR count). The van der Waals surface area contributed by atoms with Crippen LogP contribution in [0, 0.1) is 0 Å². The normalized spacial score (nSPS) is 17.2. The molecule has 132 valence electrons. The molecule has 2 amide bonds. The number of carbonyl (C=O) groups excluding carboxylic acids is 2. The Balaban J connectivity index is 2.07. The molecular formula is C16H16BrN3O3S2. The second-order valence-electron chi connectivity index (χ2n) is 5.27. The first kappa shape index (κ1) is 18.2. The van der Waals surface area contributed by atoms with Crippen molar-refractivity contribution in [1.29, 1.82) is 0 Å². The quantitative estimate of drug-likeness (QED) is 0.441. The lowest BCUT2D eigenvalue weighted by Crippen LogP contribution is -2.56. The van der Waals surface area contributed by atoms with Gasteiger partial charge in [-0.2, -0.15) is 0 Å². The van der Waals surface area contributed by atoms with E-state index in [2.05, 4.69) is 21.2 Å². The molecule has 9 heteroatoms. The van der Waals surface area contributed by atoms with Gasteiger partial charge in [-0.1, -0.05) is 11.8 Å². The highest BCUT2D eigenvalue weighted by molar-refractivity contribution is 9.10. The Hall–Kier alpha value is -1.58. The number of methoxy groups -OCH3 is 1. The Bertz CT molecular complexity index is 797. The van der Waals surface area contributed by atoms with Gasteiger partial charge in [-0.25, -0.2) is 0 Å². The molecule has 0 atom stereocenters. The molecule has 0 aliphatic carbocycles. The van der Waals surface area contributed by atoms with Gasteiger partial charge in [-0.15, -0.1) is 0 Å². The Morgan fingerprint density at radius 1 is 1.20 bits per heavy atom. The molecule has 2 aliphatic heterocycles. The highest BCUT2D eigenvalue weighted by Gasteiger charge is 2.41. The first-order valence-electron chi connectivity index (χ1n) is 7.67. The third-order valence-corrected chi connectivity index (χ3v) is 6.60. The van der Waals surface area contributed by atoms with Crippen molar-refractivity contribution in [1.82, 2.24) is 9.80 Å². The zero-order chi connectivity index (χ0) is 18.3. The van der Waals surface area contributed by atoms with E-state index < -0.39 is 0 Å². The molecule has 0 unspecified atom stereocenters. The van der Waals surface area contributed by atoms with E-state index in [-0.39, 0.29) is 22.5 Å². The predicted molar refractivity (Wildman–Crippen MR) is 105 cm³/mol. The van der Waals surface area contributed by atoms with E-state index in [0.29, 0.717) is 23.9 Å². The Kier molecular flexibility index (Phi) is 5.08. The topological polar surface area (TPSA) is 61.9 Å². The van der Waals surface area contributed by atoms with E-state index in [1.807, 2.05) is 26.0 Å². The maximum absolute atomic E-state index is 12.8. The molecule has 6 nitrogen and oxygen atoms in total. The average molecular weight is 442 g/mol. The lowest BCUT2D eigenvalue weighted by molar-refractivity contribution is -0.133. The van der Waals surface area contributed by atoms with Gasteiger partial charge in [0.1, 0.15) is 11.3 Å². The number of thiocarbonyl (C=S) groups is 1. The molecule has 0 bridgehead atoms. The summed E-state index contributed by atoms with van der Waals surface area (Å²) < 4.78 is 6.09. The maximum Gasteiger partial charge on any atom is 0.268 e. The van der Waals surface area contributed by atoms with E-state index >= 15 is 0 Å². The first-order valence-corrected chi connectivity index (χ1v) is 9.69. The van der Waals surface area contributed by atoms with Crippen LogP contribution in [0.3, 0.4) is 0 Å². The molecule has 1 saturated heterocycles. The monoisotopic (exact) mass is 441 g/mol. The minimum absolute atomic E-state index is 0.115. The SMILES string of the molecule is CCN1C(=O)C(=C2Nc3ccc(OC)c(Br)c3S2)C(=O)N(CC)C1=S. The van der Waals surface area contributed by atoms with Crippen molar-refractivity contribution in [3.8, 4) is 5.75 Å². The van der Waals surface area contributed by atoms with Crippen LogP contribution in [0.1, 0.15) is 13.8 Å². The van der Waals surface area contributed by atoms with Crippen molar-refractivity contribution in [3.63, 3.8) is 0 Å². The van der Waals surface area contributed by atoms with Gasteiger partial charge in [0.05, 0.1) is 27.2 Å². The number of benzene rings is 1. The fourth-order valence-corrected chi connectivity index (χ4v) is 4.93. The summed E-state index contributed by atoms with van der Waals surface area (Å²) in [5.74, 6) is -0.0478. The number of hydrogen-bond acceptors (Lipinski definition) is 6. The molecule has 0 spiro atoms. The summed E-state index contributed by atoms with van der Waals surface area (Å²) in [6.45, 7) is 4.49. The summed E-state index contributed by atoms with van der Waals surface area (Å²) in [5.41, 5.74) is 0.935. The van der Waals surface area contributed by atoms with Gasteiger partial charge < -0.3 is 10.1 Å². The maximum atomic E-state index is 12.8. The van der Waals surface area contributed by atoms with Crippen molar-refractivity contribution in [2.75, 3.05) is 25.5 Å². The summed E-state index contributed by atoms with van der Waals surface area (Å²) in [4.78, 5) is 29.4. The van der Waals surface area contributed by atoms with Crippen molar-refractivity contribution in [2.24, 2.45) is 0 Å². The minimum atomic E-state index is -0.368. The Labute approximate surface area is 163 Å². The van der Waals surface area contributed by atoms with Crippen LogP contribution in [-0.4, -0.2) is 46.9 Å². The van der Waals surface area contributed by atoms with Crippen LogP contribution < -0.4 is 10.1 Å². The molecular weight excluding hydrogens is 426 g/mol. The third-order valence-electron chi connectivity index (χ3n) is 3.97. The molecule has 0 saturated carbocycles. The first-order chi connectivity index (χ1) is 11.9. The van der Waals surface area contributed by atoms with Crippen molar-refractivity contribution in [3.05, 3.63) is 27.2 Å². The zero-order valence-electron chi connectivity index (χ0n) is 13.9. The van der Waals surface area contributed by atoms with Crippen LogP contribution in [-0.2, 0) is 9.59 Å². The molecule has 1 aromatic carbocycles. The van der Waals surface area contributed by atoms with Crippen LogP contribution in [0.15, 0.2) is 32.1 Å². The number of likely N-dealkylation sites (N-methyl/N-ethyl adjacent to an activating group) is 2. The van der Waals surface area contributed by atoms with E-state index in [9.17, 15) is 9.59 Å². The number of amides is 2. The van der Waals surface area contributed by atoms with Gasteiger partial charge >= 0.3 is 0 Å². The number of halogens is 1. The fourth-order valence-electron chi connectivity index (χ4n) is 2.69. The molecule has 1 aromatic rings. The summed E-state index contributed by atoms with van der Waals surface area (Å²) in [5, 5.41) is 3.95. The molecule has 1 fully saturated rings. The van der Waals surface area contributed by atoms with Gasteiger partial charge in [-0.3, -0.25) is 19.4 Å². The van der Waals surface area contributed by atoms with Crippen LogP contribution >= 0.6 is 39.9 Å².